The van der Waals surface area contributed by atoms with Crippen molar-refractivity contribution in [2.45, 2.75) is 37.0 Å². The van der Waals surface area contributed by atoms with Crippen LogP contribution in [0.1, 0.15) is 37.7 Å². The van der Waals surface area contributed by atoms with Gasteiger partial charge in [0, 0.05) is 12.5 Å². The Kier molecular flexibility index (Phi) is 7.05. The van der Waals surface area contributed by atoms with Crippen molar-refractivity contribution in [2.75, 3.05) is 26.2 Å². The first-order valence-corrected chi connectivity index (χ1v) is 11.2. The molecule has 5 heteroatoms. The van der Waals surface area contributed by atoms with Crippen molar-refractivity contribution in [1.82, 2.24) is 4.90 Å². The largest absolute Gasteiger partial charge is 0.303 e. The summed E-state index contributed by atoms with van der Waals surface area (Å²) in [7, 11) is -3.72. The van der Waals surface area contributed by atoms with Crippen molar-refractivity contribution in [1.29, 1.82) is 0 Å². The Hall–Kier alpha value is -1.69. The molecule has 1 saturated heterocycles. The molecule has 1 fully saturated rings. The van der Waals surface area contributed by atoms with Gasteiger partial charge in [0.1, 0.15) is 0 Å². The SMILES string of the molecule is CCCCN1CCC(c2ccccc2)C(COS(=O)(=O)c2ccccc2)C1. The molecule has 27 heavy (non-hydrogen) atoms. The minimum absolute atomic E-state index is 0.163. The van der Waals surface area contributed by atoms with Gasteiger partial charge in [0.05, 0.1) is 11.5 Å². The molecule has 4 nitrogen and oxygen atoms in total. The van der Waals surface area contributed by atoms with Crippen LogP contribution in [-0.2, 0) is 14.3 Å². The van der Waals surface area contributed by atoms with Gasteiger partial charge in [-0.25, -0.2) is 0 Å². The number of unbranched alkanes of at least 4 members (excludes halogenated alkanes) is 1. The molecular weight excluding hydrogens is 358 g/mol. The van der Waals surface area contributed by atoms with Gasteiger partial charge in [0.2, 0.25) is 0 Å². The fourth-order valence-electron chi connectivity index (χ4n) is 3.83. The second-order valence-electron chi connectivity index (χ2n) is 7.27. The molecule has 0 aromatic heterocycles. The molecule has 0 spiro atoms. The zero-order chi connectivity index (χ0) is 19.1. The van der Waals surface area contributed by atoms with E-state index < -0.39 is 10.1 Å². The Morgan fingerprint density at radius 2 is 1.70 bits per heavy atom. The first-order valence-electron chi connectivity index (χ1n) is 9.82. The monoisotopic (exact) mass is 387 g/mol. The summed E-state index contributed by atoms with van der Waals surface area (Å²) in [5.74, 6) is 0.492. The van der Waals surface area contributed by atoms with E-state index in [-0.39, 0.29) is 17.4 Å². The maximum absolute atomic E-state index is 12.5. The van der Waals surface area contributed by atoms with Gasteiger partial charge < -0.3 is 4.90 Å². The number of benzene rings is 2. The standard InChI is InChI=1S/C22H29NO3S/c1-2-3-15-23-16-14-22(19-10-6-4-7-11-19)20(17-23)18-26-27(24,25)21-12-8-5-9-13-21/h4-13,20,22H,2-3,14-18H2,1H3. The van der Waals surface area contributed by atoms with E-state index in [9.17, 15) is 8.42 Å². The second-order valence-corrected chi connectivity index (χ2v) is 8.89. The lowest BCUT2D eigenvalue weighted by Crippen LogP contribution is -2.42. The molecular formula is C22H29NO3S. The molecule has 0 amide bonds. The van der Waals surface area contributed by atoms with Gasteiger partial charge in [-0.1, -0.05) is 61.9 Å². The van der Waals surface area contributed by atoms with Crippen LogP contribution in [0.4, 0.5) is 0 Å². The van der Waals surface area contributed by atoms with Gasteiger partial charge in [0.15, 0.2) is 0 Å². The van der Waals surface area contributed by atoms with Gasteiger partial charge in [-0.05, 0) is 49.5 Å². The first-order chi connectivity index (χ1) is 13.1. The third-order valence-corrected chi connectivity index (χ3v) is 6.64. The van der Waals surface area contributed by atoms with Crippen LogP contribution in [0.25, 0.3) is 0 Å². The number of hydrogen-bond acceptors (Lipinski definition) is 4. The Labute approximate surface area is 163 Å². The van der Waals surface area contributed by atoms with Gasteiger partial charge in [-0.2, -0.15) is 8.42 Å². The van der Waals surface area contributed by atoms with Crippen LogP contribution in [0.15, 0.2) is 65.6 Å². The highest BCUT2D eigenvalue weighted by Gasteiger charge is 2.31. The Balaban J connectivity index is 1.72. The van der Waals surface area contributed by atoms with Crippen LogP contribution in [0.2, 0.25) is 0 Å². The summed E-state index contributed by atoms with van der Waals surface area (Å²) in [5, 5.41) is 0. The second kappa shape index (κ2) is 9.49. The molecule has 0 N–H and O–H groups in total. The Bertz CT molecular complexity index is 793. The number of piperidine rings is 1. The van der Waals surface area contributed by atoms with Crippen LogP contribution in [-0.4, -0.2) is 39.6 Å². The highest BCUT2D eigenvalue weighted by Crippen LogP contribution is 2.34. The number of hydrogen-bond donors (Lipinski definition) is 0. The van der Waals surface area contributed by atoms with Crippen LogP contribution in [0, 0.1) is 5.92 Å². The number of rotatable bonds is 8. The van der Waals surface area contributed by atoms with E-state index in [4.69, 9.17) is 4.18 Å². The van der Waals surface area contributed by atoms with Crippen molar-refractivity contribution in [3.8, 4) is 0 Å². The van der Waals surface area contributed by atoms with Crippen molar-refractivity contribution < 1.29 is 12.6 Å². The van der Waals surface area contributed by atoms with Crippen molar-refractivity contribution in [3.05, 3.63) is 66.2 Å². The van der Waals surface area contributed by atoms with Crippen LogP contribution in [0.5, 0.6) is 0 Å². The lowest BCUT2D eigenvalue weighted by atomic mass is 9.81. The highest BCUT2D eigenvalue weighted by atomic mass is 32.2. The summed E-state index contributed by atoms with van der Waals surface area (Å²) < 4.78 is 30.6. The number of nitrogens with zero attached hydrogens (tertiary/aromatic N) is 1. The van der Waals surface area contributed by atoms with Gasteiger partial charge in [-0.3, -0.25) is 4.18 Å². The van der Waals surface area contributed by atoms with E-state index in [1.165, 1.54) is 18.4 Å². The summed E-state index contributed by atoms with van der Waals surface area (Å²) in [6, 6.07) is 18.8. The molecule has 146 valence electrons. The molecule has 0 aliphatic carbocycles. The quantitative estimate of drug-likeness (QED) is 0.634. The van der Waals surface area contributed by atoms with Gasteiger partial charge in [0.25, 0.3) is 10.1 Å². The molecule has 0 saturated carbocycles. The van der Waals surface area contributed by atoms with E-state index in [1.54, 1.807) is 30.3 Å². The van der Waals surface area contributed by atoms with Crippen molar-refractivity contribution in [3.63, 3.8) is 0 Å². The van der Waals surface area contributed by atoms with E-state index in [2.05, 4.69) is 36.1 Å². The molecule has 2 aromatic carbocycles. The van der Waals surface area contributed by atoms with E-state index in [1.807, 2.05) is 6.07 Å². The average molecular weight is 388 g/mol. The summed E-state index contributed by atoms with van der Waals surface area (Å²) >= 11 is 0. The van der Waals surface area contributed by atoms with Crippen LogP contribution < -0.4 is 0 Å². The zero-order valence-corrected chi connectivity index (χ0v) is 16.8. The molecule has 2 atom stereocenters. The maximum Gasteiger partial charge on any atom is 0.296 e. The summed E-state index contributed by atoms with van der Waals surface area (Å²) in [6.45, 7) is 5.43. The molecule has 1 heterocycles. The van der Waals surface area contributed by atoms with Crippen molar-refractivity contribution >= 4 is 10.1 Å². The maximum atomic E-state index is 12.5. The van der Waals surface area contributed by atoms with Gasteiger partial charge in [-0.15, -0.1) is 0 Å². The molecule has 1 aliphatic heterocycles. The third-order valence-electron chi connectivity index (χ3n) is 5.34. The first kappa shape index (κ1) is 20.1. The summed E-state index contributed by atoms with van der Waals surface area (Å²) in [6.07, 6.45) is 3.38. The molecule has 2 unspecified atom stereocenters. The van der Waals surface area contributed by atoms with Crippen molar-refractivity contribution in [2.24, 2.45) is 5.92 Å². The van der Waals surface area contributed by atoms with Crippen LogP contribution in [0.3, 0.4) is 0 Å². The molecule has 0 radical (unpaired) electrons. The molecule has 2 aromatic rings. The fraction of sp³-hybridized carbons (Fsp3) is 0.455. The predicted molar refractivity (Wildman–Crippen MR) is 108 cm³/mol. The Morgan fingerprint density at radius 3 is 2.37 bits per heavy atom. The average Bonchev–Trinajstić information content (AvgIpc) is 2.72. The minimum atomic E-state index is -3.72. The van der Waals surface area contributed by atoms with E-state index >= 15 is 0 Å². The normalized spacial score (nSPS) is 21.2. The third kappa shape index (κ3) is 5.41. The zero-order valence-electron chi connectivity index (χ0n) is 16.0. The lowest BCUT2D eigenvalue weighted by molar-refractivity contribution is 0.112. The Morgan fingerprint density at radius 1 is 1.04 bits per heavy atom. The molecule has 0 bridgehead atoms. The smallest absolute Gasteiger partial charge is 0.296 e. The van der Waals surface area contributed by atoms with Crippen LogP contribution >= 0.6 is 0 Å². The van der Waals surface area contributed by atoms with E-state index in [0.717, 1.165) is 26.1 Å². The lowest BCUT2D eigenvalue weighted by Gasteiger charge is -2.38. The van der Waals surface area contributed by atoms with Gasteiger partial charge >= 0.3 is 0 Å². The summed E-state index contributed by atoms with van der Waals surface area (Å²) in [4.78, 5) is 2.67. The molecule has 3 rings (SSSR count). The fourth-order valence-corrected chi connectivity index (χ4v) is 4.81. The van der Waals surface area contributed by atoms with E-state index in [0.29, 0.717) is 5.92 Å². The molecule has 1 aliphatic rings. The summed E-state index contributed by atoms with van der Waals surface area (Å²) in [5.41, 5.74) is 1.28. The highest BCUT2D eigenvalue weighted by molar-refractivity contribution is 7.86. The topological polar surface area (TPSA) is 46.6 Å². The predicted octanol–water partition coefficient (Wildman–Crippen LogP) is 4.30. The minimum Gasteiger partial charge on any atom is -0.303 e. The number of likely N-dealkylation sites (tertiary alicyclic amines) is 1.